The van der Waals surface area contributed by atoms with Gasteiger partial charge >= 0.3 is 0 Å². The van der Waals surface area contributed by atoms with E-state index in [0.717, 1.165) is 0 Å². The molecule has 1 aromatic rings. The van der Waals surface area contributed by atoms with Crippen LogP contribution in [0.4, 0.5) is 5.69 Å². The van der Waals surface area contributed by atoms with Crippen molar-refractivity contribution in [2.45, 2.75) is 11.3 Å². The first-order chi connectivity index (χ1) is 9.93. The normalized spacial score (nSPS) is 19.7. The van der Waals surface area contributed by atoms with Gasteiger partial charge in [-0.3, -0.25) is 0 Å². The van der Waals surface area contributed by atoms with Crippen LogP contribution < -0.4 is 15.2 Å². The maximum absolute atomic E-state index is 12.7. The highest BCUT2D eigenvalue weighted by Crippen LogP contribution is 2.36. The van der Waals surface area contributed by atoms with E-state index in [4.69, 9.17) is 20.3 Å². The van der Waals surface area contributed by atoms with Crippen LogP contribution in [0, 0.1) is 5.92 Å². The van der Waals surface area contributed by atoms with Crippen LogP contribution in [0.1, 0.15) is 6.42 Å². The molecule has 1 aliphatic rings. The summed E-state index contributed by atoms with van der Waals surface area (Å²) in [5.41, 5.74) is 6.03. The molecule has 8 heteroatoms. The van der Waals surface area contributed by atoms with E-state index in [1.165, 1.54) is 30.7 Å². The van der Waals surface area contributed by atoms with Crippen molar-refractivity contribution < 1.29 is 23.0 Å². The largest absolute Gasteiger partial charge is 0.495 e. The van der Waals surface area contributed by atoms with Crippen LogP contribution in [0.15, 0.2) is 17.0 Å². The highest BCUT2D eigenvalue weighted by Gasteiger charge is 2.34. The zero-order valence-electron chi connectivity index (χ0n) is 12.1. The van der Waals surface area contributed by atoms with Crippen LogP contribution in [0.25, 0.3) is 0 Å². The Balaban J connectivity index is 2.42. The highest BCUT2D eigenvalue weighted by atomic mass is 32.2. The highest BCUT2D eigenvalue weighted by molar-refractivity contribution is 7.89. The minimum absolute atomic E-state index is 0.0156. The molecule has 0 radical (unpaired) electrons. The Morgan fingerprint density at radius 3 is 2.52 bits per heavy atom. The molecule has 0 aliphatic carbocycles. The minimum Gasteiger partial charge on any atom is -0.495 e. The number of methoxy groups -OCH3 is 2. The van der Waals surface area contributed by atoms with Gasteiger partial charge in [0.1, 0.15) is 16.4 Å². The molecule has 0 saturated carbocycles. The monoisotopic (exact) mass is 316 g/mol. The third-order valence-corrected chi connectivity index (χ3v) is 5.53. The Morgan fingerprint density at radius 1 is 1.33 bits per heavy atom. The van der Waals surface area contributed by atoms with Gasteiger partial charge in [0.2, 0.25) is 10.0 Å². The smallest absolute Gasteiger partial charge is 0.246 e. The summed E-state index contributed by atoms with van der Waals surface area (Å²) >= 11 is 0. The third kappa shape index (κ3) is 2.92. The number of anilines is 1. The maximum Gasteiger partial charge on any atom is 0.246 e. The topological polar surface area (TPSA) is 102 Å². The molecule has 1 aliphatic heterocycles. The number of nitrogens with zero attached hydrogens (tertiary/aromatic N) is 1. The molecule has 0 amide bonds. The van der Waals surface area contributed by atoms with Crippen molar-refractivity contribution in [1.82, 2.24) is 4.31 Å². The summed E-state index contributed by atoms with van der Waals surface area (Å²) in [5.74, 6) is 0.523. The number of aliphatic hydroxyl groups is 1. The van der Waals surface area contributed by atoms with E-state index in [9.17, 15) is 8.42 Å². The quantitative estimate of drug-likeness (QED) is 0.757. The molecule has 1 atom stereocenters. The van der Waals surface area contributed by atoms with E-state index < -0.39 is 10.0 Å². The first-order valence-electron chi connectivity index (χ1n) is 6.56. The Kier molecular flexibility index (Phi) is 4.60. The summed E-state index contributed by atoms with van der Waals surface area (Å²) in [6.45, 7) is 0.657. The number of rotatable bonds is 5. The Hall–Kier alpha value is -1.51. The van der Waals surface area contributed by atoms with Crippen molar-refractivity contribution >= 4 is 15.7 Å². The number of aliphatic hydroxyl groups excluding tert-OH is 1. The summed E-state index contributed by atoms with van der Waals surface area (Å²) in [6, 6.07) is 2.81. The van der Waals surface area contributed by atoms with Crippen molar-refractivity contribution in [3.05, 3.63) is 12.1 Å². The lowest BCUT2D eigenvalue weighted by atomic mass is 10.1. The second kappa shape index (κ2) is 6.08. The summed E-state index contributed by atoms with van der Waals surface area (Å²) < 4.78 is 37.0. The fourth-order valence-electron chi connectivity index (χ4n) is 2.40. The average molecular weight is 316 g/mol. The van der Waals surface area contributed by atoms with Crippen molar-refractivity contribution in [1.29, 1.82) is 0 Å². The number of benzene rings is 1. The van der Waals surface area contributed by atoms with Gasteiger partial charge in [0.25, 0.3) is 0 Å². The van der Waals surface area contributed by atoms with Crippen molar-refractivity contribution in [3.63, 3.8) is 0 Å². The van der Waals surface area contributed by atoms with Crippen LogP contribution in [0.3, 0.4) is 0 Å². The summed E-state index contributed by atoms with van der Waals surface area (Å²) in [5, 5.41) is 9.15. The molecule has 7 nitrogen and oxygen atoms in total. The average Bonchev–Trinajstić information content (AvgIpc) is 2.96. The molecule has 1 heterocycles. The molecule has 0 bridgehead atoms. The van der Waals surface area contributed by atoms with E-state index in [1.54, 1.807) is 0 Å². The summed E-state index contributed by atoms with van der Waals surface area (Å²) in [6.07, 6.45) is 0.643. The molecule has 1 fully saturated rings. The minimum atomic E-state index is -3.71. The Morgan fingerprint density at radius 2 is 2.00 bits per heavy atom. The van der Waals surface area contributed by atoms with Crippen LogP contribution in [0.2, 0.25) is 0 Å². The van der Waals surface area contributed by atoms with Crippen molar-refractivity contribution in [3.8, 4) is 11.5 Å². The molecule has 0 aromatic heterocycles. The third-order valence-electron chi connectivity index (χ3n) is 3.64. The fraction of sp³-hybridized carbons (Fsp3) is 0.538. The summed E-state index contributed by atoms with van der Waals surface area (Å²) in [7, 11) is -0.867. The zero-order chi connectivity index (χ0) is 15.6. The molecule has 1 saturated heterocycles. The van der Waals surface area contributed by atoms with Crippen LogP contribution >= 0.6 is 0 Å². The number of hydrogen-bond acceptors (Lipinski definition) is 6. The van der Waals surface area contributed by atoms with Gasteiger partial charge in [-0.15, -0.1) is 0 Å². The molecular weight excluding hydrogens is 296 g/mol. The van der Waals surface area contributed by atoms with E-state index in [2.05, 4.69) is 0 Å². The van der Waals surface area contributed by atoms with Gasteiger partial charge in [-0.1, -0.05) is 0 Å². The molecule has 118 valence electrons. The molecule has 1 aromatic carbocycles. The van der Waals surface area contributed by atoms with Gasteiger partial charge in [0.05, 0.1) is 19.9 Å². The van der Waals surface area contributed by atoms with Crippen LogP contribution in [0.5, 0.6) is 11.5 Å². The van der Waals surface area contributed by atoms with Gasteiger partial charge in [-0.2, -0.15) is 4.31 Å². The van der Waals surface area contributed by atoms with E-state index >= 15 is 0 Å². The number of ether oxygens (including phenoxy) is 2. The van der Waals surface area contributed by atoms with Crippen LogP contribution in [-0.2, 0) is 10.0 Å². The number of hydrogen-bond donors (Lipinski definition) is 2. The number of sulfonamides is 1. The van der Waals surface area contributed by atoms with Gasteiger partial charge < -0.3 is 20.3 Å². The van der Waals surface area contributed by atoms with E-state index in [0.29, 0.717) is 25.3 Å². The zero-order valence-corrected chi connectivity index (χ0v) is 12.9. The summed E-state index contributed by atoms with van der Waals surface area (Å²) in [4.78, 5) is 0.0156. The predicted molar refractivity (Wildman–Crippen MR) is 77.9 cm³/mol. The van der Waals surface area contributed by atoms with Gasteiger partial charge in [-0.05, 0) is 18.4 Å². The molecule has 21 heavy (non-hydrogen) atoms. The molecule has 2 rings (SSSR count). The van der Waals surface area contributed by atoms with Gasteiger partial charge in [0.15, 0.2) is 0 Å². The predicted octanol–water partition coefficient (Wildman–Crippen LogP) is 0.289. The standard InChI is InChI=1S/C13H20N2O5S/c1-19-11-6-12(20-2)13(5-10(11)14)21(17,18)15-4-3-9(7-15)8-16/h5-6,9,16H,3-4,7-8,14H2,1-2H3. The van der Waals surface area contributed by atoms with Crippen LogP contribution in [-0.4, -0.2) is 51.7 Å². The molecule has 1 unspecified atom stereocenters. The van der Waals surface area contributed by atoms with Crippen molar-refractivity contribution in [2.24, 2.45) is 5.92 Å². The second-order valence-corrected chi connectivity index (χ2v) is 6.85. The fourth-order valence-corrected chi connectivity index (χ4v) is 4.10. The first-order valence-corrected chi connectivity index (χ1v) is 8.00. The van der Waals surface area contributed by atoms with Crippen molar-refractivity contribution in [2.75, 3.05) is 39.6 Å². The Bertz CT molecular complexity index is 617. The SMILES string of the molecule is COc1cc(OC)c(S(=O)(=O)N2CCC(CO)C2)cc1N. The lowest BCUT2D eigenvalue weighted by Gasteiger charge is -2.19. The number of nitrogen functional groups attached to an aromatic ring is 1. The lowest BCUT2D eigenvalue weighted by molar-refractivity contribution is 0.233. The van der Waals surface area contributed by atoms with E-state index in [-0.39, 0.29) is 28.9 Å². The molecule has 3 N–H and O–H groups in total. The lowest BCUT2D eigenvalue weighted by Crippen LogP contribution is -2.29. The second-order valence-electron chi connectivity index (χ2n) is 4.95. The van der Waals surface area contributed by atoms with Gasteiger partial charge in [-0.25, -0.2) is 8.42 Å². The van der Waals surface area contributed by atoms with Gasteiger partial charge in [0, 0.05) is 25.8 Å². The maximum atomic E-state index is 12.7. The molecule has 0 spiro atoms. The molecular formula is C13H20N2O5S. The first kappa shape index (κ1) is 15.9. The number of nitrogens with two attached hydrogens (primary N) is 1. The Labute approximate surface area is 124 Å². The van der Waals surface area contributed by atoms with E-state index in [1.807, 2.05) is 0 Å².